The van der Waals surface area contributed by atoms with E-state index < -0.39 is 10.0 Å². The van der Waals surface area contributed by atoms with Crippen LogP contribution in [-0.2, 0) is 16.4 Å². The van der Waals surface area contributed by atoms with Crippen molar-refractivity contribution in [1.29, 1.82) is 0 Å². The average molecular weight is 393 g/mol. The normalized spacial score (nSPS) is 18.5. The van der Waals surface area contributed by atoms with Crippen LogP contribution in [0.15, 0.2) is 89.8 Å². The summed E-state index contributed by atoms with van der Waals surface area (Å²) in [5, 5.41) is 3.60. The Morgan fingerprint density at radius 3 is 2.25 bits per heavy atom. The molecule has 28 heavy (non-hydrogen) atoms. The molecule has 1 heterocycles. The van der Waals surface area contributed by atoms with Gasteiger partial charge in [-0.2, -0.15) is 0 Å². The van der Waals surface area contributed by atoms with Crippen molar-refractivity contribution in [2.24, 2.45) is 0 Å². The van der Waals surface area contributed by atoms with Crippen molar-refractivity contribution in [2.75, 3.05) is 6.54 Å². The highest BCUT2D eigenvalue weighted by atomic mass is 32.2. The lowest BCUT2D eigenvalue weighted by Crippen LogP contribution is -2.34. The van der Waals surface area contributed by atoms with Crippen LogP contribution in [0.5, 0.6) is 0 Å². The molecule has 0 spiro atoms. The van der Waals surface area contributed by atoms with Crippen molar-refractivity contribution in [3.63, 3.8) is 0 Å². The first-order valence-electron chi connectivity index (χ1n) is 9.59. The monoisotopic (exact) mass is 392 g/mol. The van der Waals surface area contributed by atoms with Gasteiger partial charge < -0.3 is 5.32 Å². The van der Waals surface area contributed by atoms with Crippen LogP contribution >= 0.6 is 0 Å². The molecule has 0 saturated heterocycles. The lowest BCUT2D eigenvalue weighted by atomic mass is 9.94. The zero-order valence-corrected chi connectivity index (χ0v) is 16.4. The first-order valence-corrected chi connectivity index (χ1v) is 11.1. The molecule has 0 aromatic heterocycles. The smallest absolute Gasteiger partial charge is 0.241 e. The molecule has 0 unspecified atom stereocenters. The molecule has 0 bridgehead atoms. The fourth-order valence-corrected chi connectivity index (χ4v) is 5.29. The van der Waals surface area contributed by atoms with E-state index in [2.05, 4.69) is 34.3 Å². The summed E-state index contributed by atoms with van der Waals surface area (Å²) >= 11 is 0. The molecule has 0 fully saturated rings. The number of hydrogen-bond acceptors (Lipinski definition) is 3. The van der Waals surface area contributed by atoms with E-state index in [0.29, 0.717) is 4.90 Å². The summed E-state index contributed by atoms with van der Waals surface area (Å²) in [4.78, 5) is 0.381. The van der Waals surface area contributed by atoms with E-state index in [1.54, 1.807) is 12.1 Å². The van der Waals surface area contributed by atoms with E-state index in [1.807, 2.05) is 48.5 Å². The van der Waals surface area contributed by atoms with Crippen LogP contribution in [0.2, 0.25) is 0 Å². The molecule has 0 saturated carbocycles. The minimum atomic E-state index is -3.47. The van der Waals surface area contributed by atoms with Gasteiger partial charge in [-0.3, -0.25) is 0 Å². The van der Waals surface area contributed by atoms with Gasteiger partial charge in [-0.1, -0.05) is 78.9 Å². The van der Waals surface area contributed by atoms with Gasteiger partial charge in [0.25, 0.3) is 0 Å². The molecular formula is C23H24N2O2S. The molecule has 0 aliphatic carbocycles. The Morgan fingerprint density at radius 2 is 1.50 bits per heavy atom. The predicted molar refractivity (Wildman–Crippen MR) is 111 cm³/mol. The van der Waals surface area contributed by atoms with Crippen LogP contribution in [0, 0.1) is 0 Å². The zero-order valence-electron chi connectivity index (χ0n) is 15.6. The summed E-state index contributed by atoms with van der Waals surface area (Å²) < 4.78 is 28.0. The van der Waals surface area contributed by atoms with Crippen LogP contribution in [0.4, 0.5) is 0 Å². The maximum atomic E-state index is 12.6. The number of benzene rings is 3. The topological polar surface area (TPSA) is 58.2 Å². The second-order valence-electron chi connectivity index (χ2n) is 7.07. The molecule has 4 nitrogen and oxygen atoms in total. The van der Waals surface area contributed by atoms with E-state index >= 15 is 0 Å². The van der Waals surface area contributed by atoms with Crippen molar-refractivity contribution in [1.82, 2.24) is 10.0 Å². The summed E-state index contributed by atoms with van der Waals surface area (Å²) in [5.74, 6) is 0. The van der Waals surface area contributed by atoms with Crippen molar-refractivity contribution in [3.8, 4) is 0 Å². The van der Waals surface area contributed by atoms with Crippen molar-refractivity contribution in [3.05, 3.63) is 102 Å². The highest BCUT2D eigenvalue weighted by Crippen LogP contribution is 2.38. The molecular weight excluding hydrogens is 368 g/mol. The number of hydrogen-bond donors (Lipinski definition) is 2. The van der Waals surface area contributed by atoms with Gasteiger partial charge >= 0.3 is 0 Å². The zero-order chi connectivity index (χ0) is 19.4. The number of sulfonamides is 1. The fraction of sp³-hybridized carbons (Fsp3) is 0.217. The first-order chi connectivity index (χ1) is 13.6. The second-order valence-corrected chi connectivity index (χ2v) is 8.75. The molecule has 5 heteroatoms. The van der Waals surface area contributed by atoms with Crippen molar-refractivity contribution in [2.45, 2.75) is 29.8 Å². The Bertz CT molecular complexity index is 1020. The molecule has 4 rings (SSSR count). The van der Waals surface area contributed by atoms with Gasteiger partial charge in [0.05, 0.1) is 17.0 Å². The molecule has 2 atom stereocenters. The molecule has 1 aliphatic heterocycles. The van der Waals surface area contributed by atoms with E-state index in [0.717, 1.165) is 30.5 Å². The Morgan fingerprint density at radius 1 is 0.857 bits per heavy atom. The Labute approximate surface area is 166 Å². The average Bonchev–Trinajstić information content (AvgIpc) is 3.00. The van der Waals surface area contributed by atoms with Gasteiger partial charge in [-0.15, -0.1) is 0 Å². The first kappa shape index (κ1) is 18.9. The third kappa shape index (κ3) is 4.02. The molecule has 144 valence electrons. The second kappa shape index (κ2) is 8.27. The van der Waals surface area contributed by atoms with Crippen LogP contribution in [-0.4, -0.2) is 15.0 Å². The van der Waals surface area contributed by atoms with Crippen LogP contribution in [0.1, 0.15) is 35.2 Å². The van der Waals surface area contributed by atoms with Gasteiger partial charge in [0, 0.05) is 0 Å². The molecule has 0 amide bonds. The van der Waals surface area contributed by atoms with Crippen LogP contribution < -0.4 is 10.0 Å². The number of aryl methyl sites for hydroxylation is 1. The number of rotatable bonds is 7. The summed E-state index contributed by atoms with van der Waals surface area (Å²) in [5.41, 5.74) is 3.21. The highest BCUT2D eigenvalue weighted by Gasteiger charge is 2.38. The predicted octanol–water partition coefficient (Wildman–Crippen LogP) is 3.98. The number of fused-ring (bicyclic) bond motifs is 1. The van der Waals surface area contributed by atoms with Crippen LogP contribution in [0.25, 0.3) is 0 Å². The molecule has 3 aromatic carbocycles. The van der Waals surface area contributed by atoms with Crippen molar-refractivity contribution < 1.29 is 8.42 Å². The van der Waals surface area contributed by atoms with E-state index in [1.165, 1.54) is 5.56 Å². The van der Waals surface area contributed by atoms with Gasteiger partial charge in [0.15, 0.2) is 0 Å². The standard InChI is InChI=1S/C23H24N2O2S/c26-28(27)21-16-8-7-15-20(21)23(25-28)22(19-13-5-2-6-14-19)24-17-9-12-18-10-3-1-4-11-18/h1-8,10-11,13-16,22-25H,9,12,17H2/t22-,23+/m0/s1. The Hall–Kier alpha value is -2.47. The number of nitrogens with one attached hydrogen (secondary N) is 2. The molecule has 0 radical (unpaired) electrons. The Balaban J connectivity index is 1.54. The molecule has 3 aromatic rings. The lowest BCUT2D eigenvalue weighted by molar-refractivity contribution is 0.428. The maximum absolute atomic E-state index is 12.6. The van der Waals surface area contributed by atoms with E-state index in [9.17, 15) is 8.42 Å². The lowest BCUT2D eigenvalue weighted by Gasteiger charge is -2.26. The van der Waals surface area contributed by atoms with Crippen molar-refractivity contribution >= 4 is 10.0 Å². The summed E-state index contributed by atoms with van der Waals surface area (Å²) in [6.45, 7) is 0.800. The highest BCUT2D eigenvalue weighted by molar-refractivity contribution is 7.89. The SMILES string of the molecule is O=S1(=O)N[C@@H]([C@@H](NCCCc2ccccc2)c2ccccc2)c2ccccc21. The van der Waals surface area contributed by atoms with Gasteiger partial charge in [-0.25, -0.2) is 13.1 Å². The molecule has 2 N–H and O–H groups in total. The van der Waals surface area contributed by atoms with Gasteiger partial charge in [-0.05, 0) is 42.1 Å². The molecule has 1 aliphatic rings. The fourth-order valence-electron chi connectivity index (χ4n) is 3.81. The summed E-state index contributed by atoms with van der Waals surface area (Å²) in [7, 11) is -3.47. The quantitative estimate of drug-likeness (QED) is 0.598. The summed E-state index contributed by atoms with van der Waals surface area (Å²) in [6, 6.07) is 27.2. The largest absolute Gasteiger partial charge is 0.308 e. The van der Waals surface area contributed by atoms with E-state index in [-0.39, 0.29) is 12.1 Å². The van der Waals surface area contributed by atoms with Gasteiger partial charge in [0.2, 0.25) is 10.0 Å². The third-order valence-electron chi connectivity index (χ3n) is 5.17. The maximum Gasteiger partial charge on any atom is 0.241 e. The van der Waals surface area contributed by atoms with Crippen LogP contribution in [0.3, 0.4) is 0 Å². The summed E-state index contributed by atoms with van der Waals surface area (Å²) in [6.07, 6.45) is 1.97. The Kier molecular flexibility index (Phi) is 5.57. The minimum absolute atomic E-state index is 0.129. The van der Waals surface area contributed by atoms with E-state index in [4.69, 9.17) is 0 Å². The third-order valence-corrected chi connectivity index (χ3v) is 6.68. The van der Waals surface area contributed by atoms with Gasteiger partial charge in [0.1, 0.15) is 0 Å². The minimum Gasteiger partial charge on any atom is -0.308 e.